The number of ketones is 1. The van der Waals surface area contributed by atoms with E-state index in [9.17, 15) is 18.8 Å². The Hall–Kier alpha value is -4.92. The molecule has 0 aliphatic carbocycles. The molecule has 0 radical (unpaired) electrons. The fraction of sp³-hybridized carbons (Fsp3) is 0.194. The first kappa shape index (κ1) is 26.7. The molecule has 3 heterocycles. The molecule has 2 amide bonds. The normalized spacial score (nSPS) is 13.5. The first-order chi connectivity index (χ1) is 19.4. The van der Waals surface area contributed by atoms with Crippen LogP contribution in [-0.2, 0) is 0 Å². The summed E-state index contributed by atoms with van der Waals surface area (Å²) in [5, 5.41) is 2.70. The standard InChI is InChI=1S/C31H27FN4O4/c1-20-2-4-21(5-3-20)29(37)22-14-16-36(17-15-22)31(39)23-6-12-27(33-18-23)30(38)35-25-9-13-28(34-19-25)40-26-10-7-24(32)8-11-26/h2-13,18-19,22H,14-17H2,1H3,(H,35,38). The van der Waals surface area contributed by atoms with Crippen LogP contribution in [0.15, 0.2) is 85.2 Å². The lowest BCUT2D eigenvalue weighted by atomic mass is 9.88. The van der Waals surface area contributed by atoms with E-state index in [0.29, 0.717) is 48.5 Å². The number of ether oxygens (including phenoxy) is 1. The fourth-order valence-corrected chi connectivity index (χ4v) is 4.47. The predicted molar refractivity (Wildman–Crippen MR) is 147 cm³/mol. The Bertz CT molecular complexity index is 1500. The number of anilines is 1. The number of aryl methyl sites for hydroxylation is 1. The third-order valence-corrected chi connectivity index (χ3v) is 6.76. The molecule has 9 heteroatoms. The topological polar surface area (TPSA) is 101 Å². The lowest BCUT2D eigenvalue weighted by Crippen LogP contribution is -2.40. The molecule has 2 aromatic carbocycles. The molecule has 0 spiro atoms. The number of hydrogen-bond donors (Lipinski definition) is 1. The number of carbonyl (C=O) groups is 3. The molecular weight excluding hydrogens is 511 g/mol. The number of amides is 2. The molecule has 0 bridgehead atoms. The van der Waals surface area contributed by atoms with E-state index in [0.717, 1.165) is 5.56 Å². The van der Waals surface area contributed by atoms with Crippen LogP contribution in [0, 0.1) is 18.7 Å². The fourth-order valence-electron chi connectivity index (χ4n) is 4.47. The molecule has 0 saturated carbocycles. The molecule has 5 rings (SSSR count). The molecule has 1 aliphatic heterocycles. The van der Waals surface area contributed by atoms with Crippen LogP contribution in [-0.4, -0.2) is 45.6 Å². The van der Waals surface area contributed by atoms with Crippen molar-refractivity contribution in [3.63, 3.8) is 0 Å². The molecule has 0 unspecified atom stereocenters. The lowest BCUT2D eigenvalue weighted by Gasteiger charge is -2.31. The lowest BCUT2D eigenvalue weighted by molar-refractivity contribution is 0.0650. The summed E-state index contributed by atoms with van der Waals surface area (Å²) in [4.78, 5) is 48.5. The van der Waals surface area contributed by atoms with Gasteiger partial charge in [0.25, 0.3) is 11.8 Å². The monoisotopic (exact) mass is 538 g/mol. The van der Waals surface area contributed by atoms with Crippen LogP contribution in [0.1, 0.15) is 49.6 Å². The SMILES string of the molecule is Cc1ccc(C(=O)C2CCN(C(=O)c3ccc(C(=O)Nc4ccc(Oc5ccc(F)cc5)nc4)nc3)CC2)cc1. The highest BCUT2D eigenvalue weighted by Crippen LogP contribution is 2.24. The van der Waals surface area contributed by atoms with Crippen LogP contribution in [0.2, 0.25) is 0 Å². The third kappa shape index (κ3) is 6.37. The van der Waals surface area contributed by atoms with Gasteiger partial charge in [0.2, 0.25) is 5.88 Å². The second-order valence-electron chi connectivity index (χ2n) is 9.62. The van der Waals surface area contributed by atoms with Crippen molar-refractivity contribution in [2.75, 3.05) is 18.4 Å². The largest absolute Gasteiger partial charge is 0.439 e. The van der Waals surface area contributed by atoms with Crippen LogP contribution in [0.25, 0.3) is 0 Å². The molecule has 1 N–H and O–H groups in total. The van der Waals surface area contributed by atoms with E-state index in [2.05, 4.69) is 15.3 Å². The van der Waals surface area contributed by atoms with Gasteiger partial charge in [0.1, 0.15) is 17.3 Å². The average Bonchev–Trinajstić information content (AvgIpc) is 2.99. The Morgan fingerprint density at radius 2 is 1.55 bits per heavy atom. The number of nitrogens with zero attached hydrogens (tertiary/aromatic N) is 3. The van der Waals surface area contributed by atoms with E-state index in [-0.39, 0.29) is 35.0 Å². The maximum Gasteiger partial charge on any atom is 0.274 e. The van der Waals surface area contributed by atoms with Crippen LogP contribution < -0.4 is 10.1 Å². The van der Waals surface area contributed by atoms with Crippen molar-refractivity contribution >= 4 is 23.3 Å². The van der Waals surface area contributed by atoms with E-state index < -0.39 is 5.91 Å². The maximum absolute atomic E-state index is 13.0. The van der Waals surface area contributed by atoms with Gasteiger partial charge in [-0.3, -0.25) is 19.4 Å². The van der Waals surface area contributed by atoms with E-state index >= 15 is 0 Å². The Balaban J connectivity index is 1.13. The highest BCUT2D eigenvalue weighted by atomic mass is 19.1. The minimum Gasteiger partial charge on any atom is -0.439 e. The number of halogens is 1. The number of benzene rings is 2. The molecule has 0 atom stereocenters. The number of rotatable bonds is 7. The van der Waals surface area contributed by atoms with Gasteiger partial charge in [-0.1, -0.05) is 29.8 Å². The Morgan fingerprint density at radius 3 is 2.17 bits per heavy atom. The number of carbonyl (C=O) groups excluding carboxylic acids is 3. The minimum atomic E-state index is -0.455. The molecule has 4 aromatic rings. The second-order valence-corrected chi connectivity index (χ2v) is 9.62. The zero-order chi connectivity index (χ0) is 28.1. The van der Waals surface area contributed by atoms with Crippen LogP contribution in [0.3, 0.4) is 0 Å². The molecule has 40 heavy (non-hydrogen) atoms. The Kier molecular flexibility index (Phi) is 7.91. The summed E-state index contributed by atoms with van der Waals surface area (Å²) < 4.78 is 18.6. The molecule has 202 valence electrons. The smallest absolute Gasteiger partial charge is 0.274 e. The van der Waals surface area contributed by atoms with E-state index in [4.69, 9.17) is 4.74 Å². The van der Waals surface area contributed by atoms with Gasteiger partial charge in [-0.15, -0.1) is 0 Å². The minimum absolute atomic E-state index is 0.103. The summed E-state index contributed by atoms with van der Waals surface area (Å²) in [7, 11) is 0. The predicted octanol–water partition coefficient (Wildman–Crippen LogP) is 5.70. The van der Waals surface area contributed by atoms with Crippen molar-refractivity contribution in [2.45, 2.75) is 19.8 Å². The summed E-state index contributed by atoms with van der Waals surface area (Å²) in [6, 6.07) is 19.4. The Labute approximate surface area is 230 Å². The number of piperidine rings is 1. The van der Waals surface area contributed by atoms with Gasteiger partial charge in [-0.05, 0) is 62.2 Å². The molecular formula is C31H27FN4O4. The first-order valence-corrected chi connectivity index (χ1v) is 12.9. The van der Waals surface area contributed by atoms with Gasteiger partial charge < -0.3 is 15.0 Å². The van der Waals surface area contributed by atoms with Gasteiger partial charge in [0.05, 0.1) is 17.4 Å². The van der Waals surface area contributed by atoms with Crippen molar-refractivity contribution in [3.05, 3.63) is 113 Å². The van der Waals surface area contributed by atoms with Crippen LogP contribution in [0.5, 0.6) is 11.6 Å². The van der Waals surface area contributed by atoms with Gasteiger partial charge in [-0.2, -0.15) is 0 Å². The van der Waals surface area contributed by atoms with Gasteiger partial charge in [-0.25, -0.2) is 9.37 Å². The van der Waals surface area contributed by atoms with E-state index in [1.807, 2.05) is 31.2 Å². The highest BCUT2D eigenvalue weighted by Gasteiger charge is 2.28. The molecule has 1 fully saturated rings. The molecule has 1 aliphatic rings. The zero-order valence-electron chi connectivity index (χ0n) is 21.8. The van der Waals surface area contributed by atoms with E-state index in [1.165, 1.54) is 42.7 Å². The number of aromatic nitrogens is 2. The van der Waals surface area contributed by atoms with Crippen molar-refractivity contribution < 1.29 is 23.5 Å². The Morgan fingerprint density at radius 1 is 0.850 bits per heavy atom. The third-order valence-electron chi connectivity index (χ3n) is 6.76. The van der Waals surface area contributed by atoms with Gasteiger partial charge in [0.15, 0.2) is 5.78 Å². The average molecular weight is 539 g/mol. The van der Waals surface area contributed by atoms with Gasteiger partial charge in [0, 0.05) is 36.8 Å². The van der Waals surface area contributed by atoms with Crippen molar-refractivity contribution in [1.82, 2.24) is 14.9 Å². The summed E-state index contributed by atoms with van der Waals surface area (Å²) >= 11 is 0. The van der Waals surface area contributed by atoms with Crippen LogP contribution >= 0.6 is 0 Å². The number of hydrogen-bond acceptors (Lipinski definition) is 6. The van der Waals surface area contributed by atoms with Crippen molar-refractivity contribution in [2.24, 2.45) is 5.92 Å². The van der Waals surface area contributed by atoms with Crippen molar-refractivity contribution in [3.8, 4) is 11.6 Å². The number of Topliss-reactive ketones (excluding diaryl/α,β-unsaturated/α-hetero) is 1. The highest BCUT2D eigenvalue weighted by molar-refractivity contribution is 6.03. The summed E-state index contributed by atoms with van der Waals surface area (Å²) in [6.45, 7) is 2.95. The number of likely N-dealkylation sites (tertiary alicyclic amines) is 1. The number of pyridine rings is 2. The molecule has 1 saturated heterocycles. The quantitative estimate of drug-likeness (QED) is 0.303. The van der Waals surface area contributed by atoms with Crippen LogP contribution in [0.4, 0.5) is 10.1 Å². The second kappa shape index (κ2) is 11.9. The van der Waals surface area contributed by atoms with Gasteiger partial charge >= 0.3 is 0 Å². The molecule has 2 aromatic heterocycles. The number of nitrogens with one attached hydrogen (secondary N) is 1. The zero-order valence-corrected chi connectivity index (χ0v) is 21.8. The first-order valence-electron chi connectivity index (χ1n) is 12.9. The van der Waals surface area contributed by atoms with Crippen molar-refractivity contribution in [1.29, 1.82) is 0 Å². The summed E-state index contributed by atoms with van der Waals surface area (Å²) in [6.07, 6.45) is 4.03. The summed E-state index contributed by atoms with van der Waals surface area (Å²) in [5.74, 6) is -0.261. The maximum atomic E-state index is 13.0. The summed E-state index contributed by atoms with van der Waals surface area (Å²) in [5.41, 5.74) is 2.77. The van der Waals surface area contributed by atoms with E-state index in [1.54, 1.807) is 23.1 Å². The molecule has 8 nitrogen and oxygen atoms in total.